The molecule has 0 atom stereocenters. The number of anilines is 1. The topological polar surface area (TPSA) is 29.1 Å². The molecule has 0 aromatic heterocycles. The van der Waals surface area contributed by atoms with Crippen LogP contribution in [0.15, 0.2) is 30.3 Å². The molecule has 0 aliphatic heterocycles. The van der Waals surface area contributed by atoms with Crippen molar-refractivity contribution in [3.8, 4) is 0 Å². The Morgan fingerprint density at radius 2 is 1.52 bits per heavy atom. The molecule has 5 aliphatic rings. The lowest BCUT2D eigenvalue weighted by molar-refractivity contribution is -0.140. The molecule has 0 spiro atoms. The highest BCUT2D eigenvalue weighted by molar-refractivity contribution is 6.06. The molecule has 2 aromatic rings. The van der Waals surface area contributed by atoms with Crippen molar-refractivity contribution in [1.82, 2.24) is 0 Å². The molecule has 2 aromatic carbocycles. The van der Waals surface area contributed by atoms with Crippen LogP contribution in [0, 0.1) is 23.2 Å². The highest BCUT2D eigenvalue weighted by Gasteiger charge is 2.54. The van der Waals surface area contributed by atoms with Gasteiger partial charge in [-0.1, -0.05) is 24.3 Å². The molecule has 1 amide bonds. The van der Waals surface area contributed by atoms with Gasteiger partial charge < -0.3 is 5.32 Å². The Morgan fingerprint density at radius 3 is 2.20 bits per heavy atom. The van der Waals surface area contributed by atoms with Crippen LogP contribution in [0.25, 0.3) is 10.8 Å². The summed E-state index contributed by atoms with van der Waals surface area (Å²) in [5.74, 6) is 2.74. The molecule has 0 radical (unpaired) electrons. The molecule has 4 bridgehead atoms. The molecule has 2 nitrogen and oxygen atoms in total. The summed E-state index contributed by atoms with van der Waals surface area (Å²) in [6.45, 7) is 0. The lowest BCUT2D eigenvalue weighted by Gasteiger charge is -2.55. The largest absolute Gasteiger partial charge is 0.325 e. The third kappa shape index (κ3) is 2.00. The number of hydrogen-bond acceptors (Lipinski definition) is 1. The zero-order chi connectivity index (χ0) is 16.6. The van der Waals surface area contributed by atoms with Crippen LogP contribution in [0.5, 0.6) is 0 Å². The van der Waals surface area contributed by atoms with Crippen molar-refractivity contribution < 1.29 is 4.79 Å². The van der Waals surface area contributed by atoms with Gasteiger partial charge in [0.2, 0.25) is 5.91 Å². The molecule has 0 saturated heterocycles. The van der Waals surface area contributed by atoms with Crippen LogP contribution in [0.2, 0.25) is 0 Å². The number of aryl methyl sites for hydroxylation is 2. The van der Waals surface area contributed by atoms with E-state index in [0.29, 0.717) is 5.91 Å². The van der Waals surface area contributed by atoms with Crippen molar-refractivity contribution in [2.24, 2.45) is 23.2 Å². The maximum Gasteiger partial charge on any atom is 0.230 e. The number of benzene rings is 2. The Bertz CT molecular complexity index is 851. The molecule has 1 N–H and O–H groups in total. The Hall–Kier alpha value is -1.83. The van der Waals surface area contributed by atoms with Gasteiger partial charge in [0.25, 0.3) is 0 Å². The second-order valence-corrected chi connectivity index (χ2v) is 9.26. The predicted octanol–water partition coefficient (Wildman–Crippen LogP) is 5.09. The summed E-state index contributed by atoms with van der Waals surface area (Å²) in [4.78, 5) is 13.4. The minimum Gasteiger partial charge on any atom is -0.325 e. The van der Waals surface area contributed by atoms with Gasteiger partial charge in [-0.05, 0) is 91.7 Å². The Labute approximate surface area is 149 Å². The van der Waals surface area contributed by atoms with Crippen molar-refractivity contribution >= 4 is 22.4 Å². The maximum atomic E-state index is 13.4. The number of carbonyl (C=O) groups is 1. The smallest absolute Gasteiger partial charge is 0.230 e. The molecule has 0 heterocycles. The SMILES string of the molecule is O=C(Nc1ccc2c3c(cccc13)CC2)C12CC3CC(CC(C3)C1)C2. The van der Waals surface area contributed by atoms with Crippen LogP contribution in [0.4, 0.5) is 5.69 Å². The number of carbonyl (C=O) groups excluding carboxylic acids is 1. The summed E-state index contributed by atoms with van der Waals surface area (Å²) in [5.41, 5.74) is 3.84. The molecule has 5 aliphatic carbocycles. The quantitative estimate of drug-likeness (QED) is 0.815. The minimum atomic E-state index is -0.0719. The van der Waals surface area contributed by atoms with Crippen LogP contribution in [-0.4, -0.2) is 5.91 Å². The van der Waals surface area contributed by atoms with Gasteiger partial charge in [-0.25, -0.2) is 0 Å². The molecule has 7 rings (SSSR count). The van der Waals surface area contributed by atoms with E-state index in [4.69, 9.17) is 0 Å². The lowest BCUT2D eigenvalue weighted by Crippen LogP contribution is -2.51. The van der Waals surface area contributed by atoms with E-state index in [1.807, 2.05) is 0 Å². The zero-order valence-corrected chi connectivity index (χ0v) is 14.7. The average Bonchev–Trinajstić information content (AvgIpc) is 3.01. The summed E-state index contributed by atoms with van der Waals surface area (Å²) in [5, 5.41) is 6.02. The first-order valence-corrected chi connectivity index (χ1v) is 10.1. The highest BCUT2D eigenvalue weighted by atomic mass is 16.2. The van der Waals surface area contributed by atoms with E-state index in [-0.39, 0.29) is 5.41 Å². The van der Waals surface area contributed by atoms with Gasteiger partial charge in [0.15, 0.2) is 0 Å². The van der Waals surface area contributed by atoms with E-state index in [0.717, 1.165) is 55.5 Å². The van der Waals surface area contributed by atoms with Crippen molar-refractivity contribution in [3.63, 3.8) is 0 Å². The highest BCUT2D eigenvalue weighted by Crippen LogP contribution is 2.60. The third-order valence-electron chi connectivity index (χ3n) is 7.65. The summed E-state index contributed by atoms with van der Waals surface area (Å²) in [6, 6.07) is 10.9. The summed E-state index contributed by atoms with van der Waals surface area (Å²) in [6.07, 6.45) is 9.82. The fraction of sp³-hybridized carbons (Fsp3) is 0.522. The standard InChI is InChI=1S/C23H25NO/c25-22(23-11-14-8-15(12-23)10-16(9-14)13-23)24-20-7-6-18-5-4-17-2-1-3-19(20)21(17)18/h1-3,6-7,14-16H,4-5,8-13H2,(H,24,25). The lowest BCUT2D eigenvalue weighted by atomic mass is 9.49. The molecule has 128 valence electrons. The second kappa shape index (κ2) is 4.87. The van der Waals surface area contributed by atoms with Crippen molar-refractivity contribution in [1.29, 1.82) is 0 Å². The summed E-state index contributed by atoms with van der Waals surface area (Å²) >= 11 is 0. The fourth-order valence-electron chi connectivity index (χ4n) is 7.00. The first-order valence-electron chi connectivity index (χ1n) is 10.1. The predicted molar refractivity (Wildman–Crippen MR) is 101 cm³/mol. The third-order valence-corrected chi connectivity index (χ3v) is 7.65. The van der Waals surface area contributed by atoms with Crippen molar-refractivity contribution in [3.05, 3.63) is 41.5 Å². The van der Waals surface area contributed by atoms with Gasteiger partial charge in [-0.3, -0.25) is 4.79 Å². The molecular weight excluding hydrogens is 306 g/mol. The van der Waals surface area contributed by atoms with Crippen molar-refractivity contribution in [2.45, 2.75) is 51.4 Å². The van der Waals surface area contributed by atoms with Gasteiger partial charge in [0.1, 0.15) is 0 Å². The van der Waals surface area contributed by atoms with E-state index >= 15 is 0 Å². The van der Waals surface area contributed by atoms with Crippen LogP contribution in [-0.2, 0) is 17.6 Å². The van der Waals surface area contributed by atoms with E-state index < -0.39 is 0 Å². The van der Waals surface area contributed by atoms with Gasteiger partial charge in [0.05, 0.1) is 5.41 Å². The van der Waals surface area contributed by atoms with E-state index in [9.17, 15) is 4.79 Å². The van der Waals surface area contributed by atoms with Crippen LogP contribution >= 0.6 is 0 Å². The van der Waals surface area contributed by atoms with Crippen LogP contribution in [0.3, 0.4) is 0 Å². The van der Waals surface area contributed by atoms with Crippen LogP contribution < -0.4 is 5.32 Å². The Kier molecular flexibility index (Phi) is 2.80. The molecule has 4 fully saturated rings. The first kappa shape index (κ1) is 14.4. The van der Waals surface area contributed by atoms with Gasteiger partial charge >= 0.3 is 0 Å². The number of amides is 1. The normalized spacial score (nSPS) is 34.6. The fourth-order valence-corrected chi connectivity index (χ4v) is 7.00. The summed E-state index contributed by atoms with van der Waals surface area (Å²) in [7, 11) is 0. The van der Waals surface area contributed by atoms with Gasteiger partial charge in [-0.2, -0.15) is 0 Å². The zero-order valence-electron chi connectivity index (χ0n) is 14.7. The first-order chi connectivity index (χ1) is 12.2. The van der Waals surface area contributed by atoms with Gasteiger partial charge in [0, 0.05) is 11.1 Å². The average molecular weight is 331 g/mol. The monoisotopic (exact) mass is 331 g/mol. The Balaban J connectivity index is 1.37. The van der Waals surface area contributed by atoms with E-state index in [1.165, 1.54) is 41.2 Å². The molecule has 25 heavy (non-hydrogen) atoms. The van der Waals surface area contributed by atoms with Gasteiger partial charge in [-0.15, -0.1) is 0 Å². The molecule has 0 unspecified atom stereocenters. The molecule has 4 saturated carbocycles. The maximum absolute atomic E-state index is 13.4. The summed E-state index contributed by atoms with van der Waals surface area (Å²) < 4.78 is 0. The van der Waals surface area contributed by atoms with E-state index in [1.54, 1.807) is 0 Å². The molecule has 2 heteroatoms. The molecular formula is C23H25NO. The van der Waals surface area contributed by atoms with E-state index in [2.05, 4.69) is 35.6 Å². The Morgan fingerprint density at radius 1 is 0.880 bits per heavy atom. The van der Waals surface area contributed by atoms with Crippen LogP contribution in [0.1, 0.15) is 49.7 Å². The number of rotatable bonds is 2. The second-order valence-electron chi connectivity index (χ2n) is 9.26. The van der Waals surface area contributed by atoms with Crippen molar-refractivity contribution in [2.75, 3.05) is 5.32 Å². The number of hydrogen-bond donors (Lipinski definition) is 1. The number of nitrogens with one attached hydrogen (secondary N) is 1. The minimum absolute atomic E-state index is 0.0719.